The van der Waals surface area contributed by atoms with Gasteiger partial charge < -0.3 is 5.11 Å². The van der Waals surface area contributed by atoms with Crippen LogP contribution in [-0.2, 0) is 9.59 Å². The Hall–Kier alpha value is -3.17. The highest BCUT2D eigenvalue weighted by molar-refractivity contribution is 8.26. The number of hydrogen-bond donors (Lipinski definition) is 3. The quantitative estimate of drug-likeness (QED) is 0.375. The lowest BCUT2D eigenvalue weighted by Crippen LogP contribution is -2.43. The molecule has 1 heterocycles. The van der Waals surface area contributed by atoms with Crippen LogP contribution in [0.1, 0.15) is 27.9 Å². The fraction of sp³-hybridized carbons (Fsp3) is 0.143. The summed E-state index contributed by atoms with van der Waals surface area (Å²) in [6, 6.07) is 13.4. The molecule has 0 bridgehead atoms. The minimum absolute atomic E-state index is 0.0277. The molecular formula is C21H19N3O4S2. The topological polar surface area (TPSA) is 98.7 Å². The number of benzene rings is 2. The lowest BCUT2D eigenvalue weighted by atomic mass is 10.1. The SMILES string of the molecule is Cc1ccc(/C=C2/SC(=S)N(CCC(=O)NNC(=O)c3ccc(O)cc3)C2=O)cc1. The third-order valence-corrected chi connectivity index (χ3v) is 5.63. The molecule has 0 saturated carbocycles. The first-order valence-electron chi connectivity index (χ1n) is 9.04. The number of hydrazine groups is 1. The molecule has 154 valence electrons. The number of rotatable bonds is 5. The van der Waals surface area contributed by atoms with Crippen LogP contribution in [0.5, 0.6) is 5.75 Å². The molecule has 3 N–H and O–H groups in total. The van der Waals surface area contributed by atoms with Crippen LogP contribution in [-0.4, -0.2) is 38.6 Å². The van der Waals surface area contributed by atoms with Crippen molar-refractivity contribution in [3.8, 4) is 5.75 Å². The molecule has 2 aromatic rings. The van der Waals surface area contributed by atoms with E-state index in [0.29, 0.717) is 9.23 Å². The number of aromatic hydroxyl groups is 1. The van der Waals surface area contributed by atoms with Gasteiger partial charge in [0.25, 0.3) is 11.8 Å². The molecule has 0 unspecified atom stereocenters. The molecule has 0 spiro atoms. The Balaban J connectivity index is 1.51. The van der Waals surface area contributed by atoms with Gasteiger partial charge in [0.15, 0.2) is 0 Å². The van der Waals surface area contributed by atoms with Crippen LogP contribution in [0.4, 0.5) is 0 Å². The molecule has 2 aromatic carbocycles. The zero-order chi connectivity index (χ0) is 21.7. The summed E-state index contributed by atoms with van der Waals surface area (Å²) < 4.78 is 0.388. The molecule has 1 aliphatic heterocycles. The zero-order valence-corrected chi connectivity index (χ0v) is 17.7. The Morgan fingerprint density at radius 1 is 1.10 bits per heavy atom. The van der Waals surface area contributed by atoms with E-state index in [2.05, 4.69) is 10.9 Å². The summed E-state index contributed by atoms with van der Waals surface area (Å²) in [5.41, 5.74) is 6.90. The maximum absolute atomic E-state index is 12.6. The van der Waals surface area contributed by atoms with Crippen molar-refractivity contribution in [1.29, 1.82) is 0 Å². The second kappa shape index (κ2) is 9.55. The molecular weight excluding hydrogens is 422 g/mol. The summed E-state index contributed by atoms with van der Waals surface area (Å²) in [6.07, 6.45) is 1.75. The average Bonchev–Trinajstić information content (AvgIpc) is 2.99. The molecule has 30 heavy (non-hydrogen) atoms. The molecule has 0 aromatic heterocycles. The van der Waals surface area contributed by atoms with Crippen LogP contribution >= 0.6 is 24.0 Å². The van der Waals surface area contributed by atoms with Gasteiger partial charge in [0, 0.05) is 18.5 Å². The second-order valence-electron chi connectivity index (χ2n) is 6.54. The third kappa shape index (κ3) is 5.46. The average molecular weight is 442 g/mol. The molecule has 9 heteroatoms. The van der Waals surface area contributed by atoms with Crippen LogP contribution in [0, 0.1) is 6.92 Å². The van der Waals surface area contributed by atoms with Crippen LogP contribution < -0.4 is 10.9 Å². The molecule has 0 aliphatic carbocycles. The summed E-state index contributed by atoms with van der Waals surface area (Å²) in [5, 5.41) is 9.24. The van der Waals surface area contributed by atoms with Gasteiger partial charge in [-0.2, -0.15) is 0 Å². The largest absolute Gasteiger partial charge is 0.508 e. The van der Waals surface area contributed by atoms with Gasteiger partial charge in [-0.3, -0.25) is 30.1 Å². The Morgan fingerprint density at radius 3 is 2.43 bits per heavy atom. The van der Waals surface area contributed by atoms with E-state index in [-0.39, 0.29) is 30.2 Å². The minimum Gasteiger partial charge on any atom is -0.508 e. The van der Waals surface area contributed by atoms with Gasteiger partial charge in [-0.05, 0) is 42.8 Å². The number of carbonyl (C=O) groups excluding carboxylic acids is 3. The number of nitrogens with zero attached hydrogens (tertiary/aromatic N) is 1. The predicted molar refractivity (Wildman–Crippen MR) is 119 cm³/mol. The lowest BCUT2D eigenvalue weighted by molar-refractivity contribution is -0.124. The van der Waals surface area contributed by atoms with E-state index >= 15 is 0 Å². The van der Waals surface area contributed by atoms with Gasteiger partial charge in [0.2, 0.25) is 5.91 Å². The van der Waals surface area contributed by atoms with Crippen LogP contribution in [0.15, 0.2) is 53.4 Å². The highest BCUT2D eigenvalue weighted by Gasteiger charge is 2.32. The van der Waals surface area contributed by atoms with Gasteiger partial charge in [-0.1, -0.05) is 53.8 Å². The van der Waals surface area contributed by atoms with Gasteiger partial charge in [0.1, 0.15) is 10.1 Å². The van der Waals surface area contributed by atoms with Crippen LogP contribution in [0.25, 0.3) is 6.08 Å². The number of aryl methyl sites for hydroxylation is 1. The Bertz CT molecular complexity index is 1020. The van der Waals surface area contributed by atoms with Crippen molar-refractivity contribution in [2.24, 2.45) is 0 Å². The normalized spacial score (nSPS) is 14.8. The monoisotopic (exact) mass is 441 g/mol. The van der Waals surface area contributed by atoms with Crippen LogP contribution in [0.3, 0.4) is 0 Å². The number of hydrogen-bond acceptors (Lipinski definition) is 6. The number of phenols is 1. The number of carbonyl (C=O) groups is 3. The van der Waals surface area contributed by atoms with E-state index in [1.807, 2.05) is 31.2 Å². The maximum Gasteiger partial charge on any atom is 0.269 e. The first-order valence-corrected chi connectivity index (χ1v) is 10.3. The van der Waals surface area contributed by atoms with Crippen molar-refractivity contribution in [2.75, 3.05) is 6.54 Å². The molecule has 0 radical (unpaired) electrons. The third-order valence-electron chi connectivity index (χ3n) is 4.26. The summed E-state index contributed by atoms with van der Waals surface area (Å²) in [7, 11) is 0. The first-order chi connectivity index (χ1) is 14.3. The van der Waals surface area contributed by atoms with Crippen molar-refractivity contribution < 1.29 is 19.5 Å². The Labute approximate surface area is 183 Å². The van der Waals surface area contributed by atoms with E-state index in [1.54, 1.807) is 6.08 Å². The van der Waals surface area contributed by atoms with E-state index in [1.165, 1.54) is 40.9 Å². The summed E-state index contributed by atoms with van der Waals surface area (Å²) >= 11 is 6.47. The number of amides is 3. The smallest absolute Gasteiger partial charge is 0.269 e. The maximum atomic E-state index is 12.6. The van der Waals surface area contributed by atoms with Gasteiger partial charge in [-0.25, -0.2) is 0 Å². The van der Waals surface area contributed by atoms with Crippen molar-refractivity contribution in [2.45, 2.75) is 13.3 Å². The van der Waals surface area contributed by atoms with E-state index in [0.717, 1.165) is 11.1 Å². The number of nitrogens with one attached hydrogen (secondary N) is 2. The van der Waals surface area contributed by atoms with E-state index < -0.39 is 11.8 Å². The van der Waals surface area contributed by atoms with Crippen molar-refractivity contribution >= 4 is 52.1 Å². The van der Waals surface area contributed by atoms with Crippen molar-refractivity contribution in [3.05, 3.63) is 70.1 Å². The Morgan fingerprint density at radius 2 is 1.77 bits per heavy atom. The molecule has 7 nitrogen and oxygen atoms in total. The number of thioether (sulfide) groups is 1. The minimum atomic E-state index is -0.519. The standard InChI is InChI=1S/C21H19N3O4S2/c1-13-2-4-14(5-3-13)12-17-20(28)24(21(29)30-17)11-10-18(26)22-23-19(27)15-6-8-16(25)9-7-15/h2-9,12,25H,10-11H2,1H3,(H,22,26)(H,23,27)/b17-12+. The first kappa shape index (κ1) is 21.5. The highest BCUT2D eigenvalue weighted by Crippen LogP contribution is 2.32. The molecule has 3 amide bonds. The molecule has 1 aliphatic rings. The highest BCUT2D eigenvalue weighted by atomic mass is 32.2. The summed E-state index contributed by atoms with van der Waals surface area (Å²) in [4.78, 5) is 38.5. The van der Waals surface area contributed by atoms with Crippen molar-refractivity contribution in [3.63, 3.8) is 0 Å². The van der Waals surface area contributed by atoms with E-state index in [9.17, 15) is 19.5 Å². The fourth-order valence-electron chi connectivity index (χ4n) is 2.59. The van der Waals surface area contributed by atoms with Gasteiger partial charge in [0.05, 0.1) is 4.91 Å². The molecule has 3 rings (SSSR count). The van der Waals surface area contributed by atoms with Crippen LogP contribution in [0.2, 0.25) is 0 Å². The fourth-order valence-corrected chi connectivity index (χ4v) is 3.90. The molecule has 1 fully saturated rings. The summed E-state index contributed by atoms with van der Waals surface area (Å²) in [6.45, 7) is 2.10. The predicted octanol–water partition coefficient (Wildman–Crippen LogP) is 2.75. The van der Waals surface area contributed by atoms with Gasteiger partial charge >= 0.3 is 0 Å². The molecule has 0 atom stereocenters. The van der Waals surface area contributed by atoms with Gasteiger partial charge in [-0.15, -0.1) is 0 Å². The van der Waals surface area contributed by atoms with E-state index in [4.69, 9.17) is 12.2 Å². The second-order valence-corrected chi connectivity index (χ2v) is 8.22. The zero-order valence-electron chi connectivity index (χ0n) is 16.0. The summed E-state index contributed by atoms with van der Waals surface area (Å²) in [5.74, 6) is -1.18. The van der Waals surface area contributed by atoms with Crippen molar-refractivity contribution in [1.82, 2.24) is 15.8 Å². The number of phenolic OH excluding ortho intramolecular Hbond substituents is 1. The lowest BCUT2D eigenvalue weighted by Gasteiger charge is -2.14. The molecule has 1 saturated heterocycles. The number of thiocarbonyl (C=S) groups is 1. The Kier molecular flexibility index (Phi) is 6.86.